The summed E-state index contributed by atoms with van der Waals surface area (Å²) < 4.78 is 5.84. The Labute approximate surface area is 131 Å². The van der Waals surface area contributed by atoms with Crippen LogP contribution in [-0.4, -0.2) is 29.8 Å². The summed E-state index contributed by atoms with van der Waals surface area (Å²) >= 11 is 0. The first-order chi connectivity index (χ1) is 10.8. The number of aromatic nitrogens is 1. The Bertz CT molecular complexity index is 571. The smallest absolute Gasteiger partial charge is 0.115 e. The van der Waals surface area contributed by atoms with Crippen LogP contribution in [0.15, 0.2) is 48.8 Å². The van der Waals surface area contributed by atoms with Gasteiger partial charge in [0, 0.05) is 25.5 Å². The van der Waals surface area contributed by atoms with Crippen LogP contribution in [0.25, 0.3) is 0 Å². The molecule has 1 fully saturated rings. The number of piperidine rings is 1. The minimum absolute atomic E-state index is 0.323. The number of ether oxygens (including phenoxy) is 1. The van der Waals surface area contributed by atoms with E-state index in [2.05, 4.69) is 10.3 Å². The van der Waals surface area contributed by atoms with Gasteiger partial charge in [-0.25, -0.2) is 0 Å². The van der Waals surface area contributed by atoms with Crippen molar-refractivity contribution in [2.75, 3.05) is 19.7 Å². The molecule has 0 aliphatic carbocycles. The number of nitrogens with one attached hydrogen (secondary N) is 1. The molecule has 2 heterocycles. The highest BCUT2D eigenvalue weighted by atomic mass is 16.5. The van der Waals surface area contributed by atoms with Crippen molar-refractivity contribution in [2.24, 2.45) is 5.92 Å². The number of phenolic OH excluding ortho intramolecular Hbond substituents is 1. The van der Waals surface area contributed by atoms with Crippen molar-refractivity contribution in [1.82, 2.24) is 10.3 Å². The third-order valence-electron chi connectivity index (χ3n) is 4.15. The Morgan fingerprint density at radius 1 is 1.18 bits per heavy atom. The number of pyridine rings is 1. The lowest BCUT2D eigenvalue weighted by Gasteiger charge is -2.30. The van der Waals surface area contributed by atoms with Gasteiger partial charge in [0.1, 0.15) is 5.75 Å². The first-order valence-electron chi connectivity index (χ1n) is 7.77. The quantitative estimate of drug-likeness (QED) is 0.891. The Morgan fingerprint density at radius 3 is 2.82 bits per heavy atom. The van der Waals surface area contributed by atoms with Crippen LogP contribution in [0, 0.1) is 5.92 Å². The molecule has 0 bridgehead atoms. The van der Waals surface area contributed by atoms with Gasteiger partial charge in [-0.05, 0) is 47.6 Å². The maximum Gasteiger partial charge on any atom is 0.115 e. The summed E-state index contributed by atoms with van der Waals surface area (Å²) in [4.78, 5) is 4.10. The Hall–Kier alpha value is -1.91. The maximum absolute atomic E-state index is 9.39. The predicted octanol–water partition coefficient (Wildman–Crippen LogP) is 2.70. The van der Waals surface area contributed by atoms with E-state index in [1.54, 1.807) is 18.3 Å². The van der Waals surface area contributed by atoms with Gasteiger partial charge < -0.3 is 15.2 Å². The minimum atomic E-state index is 0.323. The van der Waals surface area contributed by atoms with Gasteiger partial charge in [0.15, 0.2) is 0 Å². The zero-order chi connectivity index (χ0) is 15.2. The summed E-state index contributed by atoms with van der Waals surface area (Å²) in [5.41, 5.74) is 2.39. The summed E-state index contributed by atoms with van der Waals surface area (Å²) in [7, 11) is 0. The van der Waals surface area contributed by atoms with Gasteiger partial charge in [0.2, 0.25) is 0 Å². The van der Waals surface area contributed by atoms with Gasteiger partial charge >= 0.3 is 0 Å². The lowest BCUT2D eigenvalue weighted by atomic mass is 9.86. The zero-order valence-corrected chi connectivity index (χ0v) is 12.6. The number of nitrogens with zero attached hydrogens (tertiary/aromatic N) is 1. The fourth-order valence-corrected chi connectivity index (χ4v) is 2.99. The van der Waals surface area contributed by atoms with Crippen LogP contribution in [-0.2, 0) is 11.3 Å². The first-order valence-corrected chi connectivity index (χ1v) is 7.77. The molecule has 22 heavy (non-hydrogen) atoms. The number of phenols is 1. The van der Waals surface area contributed by atoms with E-state index < -0.39 is 0 Å². The molecular weight excluding hydrogens is 276 g/mol. The van der Waals surface area contributed by atoms with Crippen molar-refractivity contribution >= 4 is 0 Å². The monoisotopic (exact) mass is 298 g/mol. The largest absolute Gasteiger partial charge is 0.508 e. The van der Waals surface area contributed by atoms with Gasteiger partial charge in [-0.3, -0.25) is 4.98 Å². The van der Waals surface area contributed by atoms with E-state index in [0.717, 1.165) is 31.7 Å². The molecule has 0 spiro atoms. The van der Waals surface area contributed by atoms with Gasteiger partial charge in [0.05, 0.1) is 13.2 Å². The van der Waals surface area contributed by atoms with Crippen LogP contribution in [0.5, 0.6) is 5.75 Å². The van der Waals surface area contributed by atoms with E-state index in [1.165, 1.54) is 5.56 Å². The first kappa shape index (κ1) is 15.0. The normalized spacial score (nSPS) is 21.6. The molecule has 3 rings (SSSR count). The molecule has 2 aromatic rings. The molecular formula is C18H22N2O2. The van der Waals surface area contributed by atoms with E-state index in [-0.39, 0.29) is 0 Å². The molecule has 2 atom stereocenters. The van der Waals surface area contributed by atoms with Crippen LogP contribution in [0.3, 0.4) is 0 Å². The molecule has 4 nitrogen and oxygen atoms in total. The zero-order valence-electron chi connectivity index (χ0n) is 12.6. The standard InChI is InChI=1S/C18H22N2O2/c21-18-5-3-16(4-6-18)17-8-15(10-20-11-17)13-22-12-14-2-1-7-19-9-14/h1-7,9,15,17,20-21H,8,10-13H2/t15-,17-/m0/s1. The highest BCUT2D eigenvalue weighted by molar-refractivity contribution is 5.28. The van der Waals surface area contributed by atoms with Gasteiger partial charge in [0.25, 0.3) is 0 Å². The fourth-order valence-electron chi connectivity index (χ4n) is 2.99. The SMILES string of the molecule is Oc1ccc([C@@H]2CNC[C@@H](COCc3cccnc3)C2)cc1. The summed E-state index contributed by atoms with van der Waals surface area (Å²) in [6.07, 6.45) is 4.74. The number of hydrogen-bond acceptors (Lipinski definition) is 4. The number of aromatic hydroxyl groups is 1. The van der Waals surface area contributed by atoms with Crippen LogP contribution in [0.2, 0.25) is 0 Å². The van der Waals surface area contributed by atoms with Crippen molar-refractivity contribution in [3.05, 3.63) is 59.9 Å². The minimum Gasteiger partial charge on any atom is -0.508 e. The van der Waals surface area contributed by atoms with Crippen LogP contribution in [0.1, 0.15) is 23.5 Å². The van der Waals surface area contributed by atoms with Gasteiger partial charge in [-0.2, -0.15) is 0 Å². The van der Waals surface area contributed by atoms with E-state index in [0.29, 0.717) is 24.2 Å². The summed E-state index contributed by atoms with van der Waals surface area (Å²) in [5, 5.41) is 12.9. The molecule has 1 aromatic carbocycles. The van der Waals surface area contributed by atoms with Crippen molar-refractivity contribution < 1.29 is 9.84 Å². The van der Waals surface area contributed by atoms with E-state index in [4.69, 9.17) is 4.74 Å². The summed E-state index contributed by atoms with van der Waals surface area (Å²) in [5.74, 6) is 1.33. The molecule has 0 radical (unpaired) electrons. The number of rotatable bonds is 5. The van der Waals surface area contributed by atoms with Crippen LogP contribution >= 0.6 is 0 Å². The maximum atomic E-state index is 9.39. The van der Waals surface area contributed by atoms with Crippen molar-refractivity contribution in [3.8, 4) is 5.75 Å². The van der Waals surface area contributed by atoms with E-state index >= 15 is 0 Å². The number of hydrogen-bond donors (Lipinski definition) is 2. The topological polar surface area (TPSA) is 54.4 Å². The lowest BCUT2D eigenvalue weighted by molar-refractivity contribution is 0.0750. The average molecular weight is 298 g/mol. The summed E-state index contributed by atoms with van der Waals surface area (Å²) in [6, 6.07) is 11.5. The van der Waals surface area contributed by atoms with E-state index in [9.17, 15) is 5.11 Å². The number of benzene rings is 1. The second kappa shape index (κ2) is 7.38. The Balaban J connectivity index is 1.49. The second-order valence-corrected chi connectivity index (χ2v) is 5.92. The van der Waals surface area contributed by atoms with Crippen molar-refractivity contribution in [2.45, 2.75) is 18.9 Å². The van der Waals surface area contributed by atoms with Crippen molar-refractivity contribution in [1.29, 1.82) is 0 Å². The average Bonchev–Trinajstić information content (AvgIpc) is 2.57. The van der Waals surface area contributed by atoms with Gasteiger partial charge in [-0.15, -0.1) is 0 Å². The third kappa shape index (κ3) is 4.06. The van der Waals surface area contributed by atoms with Gasteiger partial charge in [-0.1, -0.05) is 18.2 Å². The summed E-state index contributed by atoms with van der Waals surface area (Å²) in [6.45, 7) is 3.37. The van der Waals surface area contributed by atoms with Crippen molar-refractivity contribution in [3.63, 3.8) is 0 Å². The fraction of sp³-hybridized carbons (Fsp3) is 0.389. The Morgan fingerprint density at radius 2 is 2.05 bits per heavy atom. The molecule has 1 aromatic heterocycles. The van der Waals surface area contributed by atoms with E-state index in [1.807, 2.05) is 30.5 Å². The molecule has 0 saturated carbocycles. The van der Waals surface area contributed by atoms with Crippen LogP contribution < -0.4 is 5.32 Å². The molecule has 4 heteroatoms. The molecule has 1 aliphatic rings. The molecule has 1 aliphatic heterocycles. The lowest BCUT2D eigenvalue weighted by Crippen LogP contribution is -2.37. The highest BCUT2D eigenvalue weighted by Gasteiger charge is 2.23. The molecule has 0 amide bonds. The highest BCUT2D eigenvalue weighted by Crippen LogP contribution is 2.27. The molecule has 0 unspecified atom stereocenters. The third-order valence-corrected chi connectivity index (χ3v) is 4.15. The van der Waals surface area contributed by atoms with Crippen LogP contribution in [0.4, 0.5) is 0 Å². The predicted molar refractivity (Wildman–Crippen MR) is 85.7 cm³/mol. The molecule has 2 N–H and O–H groups in total. The molecule has 116 valence electrons. The second-order valence-electron chi connectivity index (χ2n) is 5.92. The Kier molecular flexibility index (Phi) is 5.03. The molecule has 1 saturated heterocycles.